The number of carbonyl (C=O) groups is 1. The Hall–Kier alpha value is -1.42. The smallest absolute Gasteiger partial charge is 0.227 e. The molecule has 19 heavy (non-hydrogen) atoms. The van der Waals surface area contributed by atoms with E-state index in [1.54, 1.807) is 6.20 Å². The van der Waals surface area contributed by atoms with Crippen LogP contribution in [0.1, 0.15) is 32.8 Å². The van der Waals surface area contributed by atoms with E-state index in [0.717, 1.165) is 18.5 Å². The van der Waals surface area contributed by atoms with Crippen molar-refractivity contribution in [3.05, 3.63) is 30.1 Å². The summed E-state index contributed by atoms with van der Waals surface area (Å²) in [5, 5.41) is 3.35. The first-order valence-electron chi connectivity index (χ1n) is 7.02. The Morgan fingerprint density at radius 1 is 1.58 bits per heavy atom. The number of pyridine rings is 1. The fourth-order valence-electron chi connectivity index (χ4n) is 2.61. The molecule has 1 aromatic rings. The molecule has 4 heteroatoms. The highest BCUT2D eigenvalue weighted by Crippen LogP contribution is 2.21. The lowest BCUT2D eigenvalue weighted by Crippen LogP contribution is -2.43. The number of rotatable bonds is 4. The molecule has 0 saturated carbocycles. The summed E-state index contributed by atoms with van der Waals surface area (Å²) in [5.41, 5.74) is 1.09. The van der Waals surface area contributed by atoms with Crippen LogP contribution in [0, 0.1) is 5.92 Å². The Kier molecular flexibility index (Phi) is 4.53. The summed E-state index contributed by atoms with van der Waals surface area (Å²) in [5.74, 6) is 0.371. The molecular weight excluding hydrogens is 238 g/mol. The molecule has 1 aromatic heterocycles. The minimum atomic E-state index is 0.110. The number of carbonyl (C=O) groups excluding carboxylic acids is 1. The molecule has 1 N–H and O–H groups in total. The SMILES string of the molecule is CC1NCCC1C(=O)N(Cc1cccnc1)C(C)C. The maximum atomic E-state index is 12.7. The number of amides is 1. The molecule has 2 unspecified atom stereocenters. The molecule has 2 rings (SSSR count). The Balaban J connectivity index is 2.09. The molecule has 1 fully saturated rings. The van der Waals surface area contributed by atoms with Gasteiger partial charge in [0, 0.05) is 31.0 Å². The van der Waals surface area contributed by atoms with Crippen molar-refractivity contribution in [1.29, 1.82) is 0 Å². The van der Waals surface area contributed by atoms with Gasteiger partial charge in [0.1, 0.15) is 0 Å². The van der Waals surface area contributed by atoms with E-state index in [9.17, 15) is 4.79 Å². The van der Waals surface area contributed by atoms with Gasteiger partial charge < -0.3 is 10.2 Å². The zero-order valence-electron chi connectivity index (χ0n) is 12.0. The van der Waals surface area contributed by atoms with Crippen molar-refractivity contribution in [3.8, 4) is 0 Å². The summed E-state index contributed by atoms with van der Waals surface area (Å²) in [6.07, 6.45) is 4.53. The van der Waals surface area contributed by atoms with Crippen LogP contribution >= 0.6 is 0 Å². The van der Waals surface area contributed by atoms with Gasteiger partial charge in [-0.1, -0.05) is 6.07 Å². The average molecular weight is 261 g/mol. The van der Waals surface area contributed by atoms with Crippen molar-refractivity contribution in [2.75, 3.05) is 6.54 Å². The molecule has 1 amide bonds. The Labute approximate surface area is 115 Å². The van der Waals surface area contributed by atoms with Crippen molar-refractivity contribution in [2.24, 2.45) is 5.92 Å². The van der Waals surface area contributed by atoms with Crippen LogP contribution in [0.15, 0.2) is 24.5 Å². The van der Waals surface area contributed by atoms with Gasteiger partial charge in [-0.15, -0.1) is 0 Å². The van der Waals surface area contributed by atoms with Gasteiger partial charge in [0.05, 0.1) is 5.92 Å². The standard InChI is InChI=1S/C15H23N3O/c1-11(2)18(10-13-5-4-7-16-9-13)15(19)14-6-8-17-12(14)3/h4-5,7,9,11-12,14,17H,6,8,10H2,1-3H3. The molecule has 2 atom stereocenters. The van der Waals surface area contributed by atoms with Gasteiger partial charge in [0.2, 0.25) is 5.91 Å². The van der Waals surface area contributed by atoms with E-state index >= 15 is 0 Å². The monoisotopic (exact) mass is 261 g/mol. The molecule has 0 aliphatic carbocycles. The second-order valence-corrected chi connectivity index (χ2v) is 5.56. The van der Waals surface area contributed by atoms with Crippen LogP contribution in [0.5, 0.6) is 0 Å². The highest BCUT2D eigenvalue weighted by molar-refractivity contribution is 5.80. The molecule has 0 spiro atoms. The number of aromatic nitrogens is 1. The molecule has 0 bridgehead atoms. The van der Waals surface area contributed by atoms with Crippen molar-refractivity contribution in [2.45, 2.75) is 45.8 Å². The molecule has 0 radical (unpaired) electrons. The summed E-state index contributed by atoms with van der Waals surface area (Å²) in [6.45, 7) is 7.82. The van der Waals surface area contributed by atoms with Crippen LogP contribution in [0.25, 0.3) is 0 Å². The van der Waals surface area contributed by atoms with Crippen molar-refractivity contribution in [1.82, 2.24) is 15.2 Å². The van der Waals surface area contributed by atoms with Gasteiger partial charge in [-0.25, -0.2) is 0 Å². The van der Waals surface area contributed by atoms with E-state index in [1.165, 1.54) is 0 Å². The predicted octanol–water partition coefficient (Wildman–Crippen LogP) is 1.82. The van der Waals surface area contributed by atoms with Gasteiger partial charge >= 0.3 is 0 Å². The van der Waals surface area contributed by atoms with Crippen LogP contribution in [-0.4, -0.2) is 34.4 Å². The van der Waals surface area contributed by atoms with E-state index < -0.39 is 0 Å². The Morgan fingerprint density at radius 3 is 2.89 bits per heavy atom. The van der Waals surface area contributed by atoms with Crippen LogP contribution in [0.2, 0.25) is 0 Å². The van der Waals surface area contributed by atoms with Gasteiger partial charge in [0.15, 0.2) is 0 Å². The average Bonchev–Trinajstić information content (AvgIpc) is 2.82. The first-order chi connectivity index (χ1) is 9.09. The van der Waals surface area contributed by atoms with Crippen LogP contribution in [0.3, 0.4) is 0 Å². The molecule has 4 nitrogen and oxygen atoms in total. The van der Waals surface area contributed by atoms with E-state index in [-0.39, 0.29) is 23.9 Å². The van der Waals surface area contributed by atoms with Gasteiger partial charge in [0.25, 0.3) is 0 Å². The number of nitrogens with one attached hydrogen (secondary N) is 1. The zero-order valence-corrected chi connectivity index (χ0v) is 12.0. The van der Waals surface area contributed by atoms with Gasteiger partial charge in [-0.05, 0) is 45.4 Å². The normalized spacial score (nSPS) is 22.7. The molecule has 1 aliphatic heterocycles. The molecular formula is C15H23N3O. The molecule has 2 heterocycles. The fourth-order valence-corrected chi connectivity index (χ4v) is 2.61. The Morgan fingerprint density at radius 2 is 2.37 bits per heavy atom. The quantitative estimate of drug-likeness (QED) is 0.899. The molecule has 1 aliphatic rings. The first-order valence-corrected chi connectivity index (χ1v) is 7.02. The minimum absolute atomic E-state index is 0.110. The lowest BCUT2D eigenvalue weighted by Gasteiger charge is -2.30. The zero-order chi connectivity index (χ0) is 13.8. The van der Waals surface area contributed by atoms with Crippen molar-refractivity contribution >= 4 is 5.91 Å². The predicted molar refractivity (Wildman–Crippen MR) is 75.5 cm³/mol. The molecule has 104 valence electrons. The second kappa shape index (κ2) is 6.15. The van der Waals surface area contributed by atoms with Crippen LogP contribution < -0.4 is 5.32 Å². The summed E-state index contributed by atoms with van der Waals surface area (Å²) in [6, 6.07) is 4.42. The van der Waals surface area contributed by atoms with Crippen LogP contribution in [-0.2, 0) is 11.3 Å². The third-order valence-corrected chi connectivity index (χ3v) is 3.82. The lowest BCUT2D eigenvalue weighted by atomic mass is 9.99. The van der Waals surface area contributed by atoms with Gasteiger partial charge in [-0.3, -0.25) is 9.78 Å². The topological polar surface area (TPSA) is 45.2 Å². The largest absolute Gasteiger partial charge is 0.336 e. The van der Waals surface area contributed by atoms with E-state index in [2.05, 4.69) is 31.1 Å². The van der Waals surface area contributed by atoms with Gasteiger partial charge in [-0.2, -0.15) is 0 Å². The van der Waals surface area contributed by atoms with E-state index in [1.807, 2.05) is 23.2 Å². The third kappa shape index (κ3) is 3.32. The molecule has 0 aromatic carbocycles. The number of nitrogens with zero attached hydrogens (tertiary/aromatic N) is 2. The third-order valence-electron chi connectivity index (χ3n) is 3.82. The summed E-state index contributed by atoms with van der Waals surface area (Å²) in [7, 11) is 0. The van der Waals surface area contributed by atoms with Crippen molar-refractivity contribution in [3.63, 3.8) is 0 Å². The highest BCUT2D eigenvalue weighted by Gasteiger charge is 2.33. The number of hydrogen-bond donors (Lipinski definition) is 1. The van der Waals surface area contributed by atoms with E-state index in [4.69, 9.17) is 0 Å². The van der Waals surface area contributed by atoms with Crippen molar-refractivity contribution < 1.29 is 4.79 Å². The second-order valence-electron chi connectivity index (χ2n) is 5.56. The minimum Gasteiger partial charge on any atom is -0.336 e. The molecule has 1 saturated heterocycles. The van der Waals surface area contributed by atoms with Crippen LogP contribution in [0.4, 0.5) is 0 Å². The van der Waals surface area contributed by atoms with E-state index in [0.29, 0.717) is 6.54 Å². The lowest BCUT2D eigenvalue weighted by molar-refractivity contribution is -0.138. The summed E-state index contributed by atoms with van der Waals surface area (Å²) >= 11 is 0. The fraction of sp³-hybridized carbons (Fsp3) is 0.600. The Bertz CT molecular complexity index is 419. The first kappa shape index (κ1) is 14.0. The number of hydrogen-bond acceptors (Lipinski definition) is 3. The summed E-state index contributed by atoms with van der Waals surface area (Å²) < 4.78 is 0. The summed E-state index contributed by atoms with van der Waals surface area (Å²) in [4.78, 5) is 18.7. The maximum Gasteiger partial charge on any atom is 0.227 e. The highest BCUT2D eigenvalue weighted by atomic mass is 16.2. The maximum absolute atomic E-state index is 12.7.